The lowest BCUT2D eigenvalue weighted by Gasteiger charge is -2.32. The van der Waals surface area contributed by atoms with Crippen molar-refractivity contribution < 1.29 is 22.9 Å². The Bertz CT molecular complexity index is 1730. The number of methoxy groups -OCH3 is 1. The molecule has 0 fully saturated rings. The van der Waals surface area contributed by atoms with Gasteiger partial charge < -0.3 is 10.1 Å². The summed E-state index contributed by atoms with van der Waals surface area (Å²) in [6.45, 7) is 1.83. The molecule has 0 bridgehead atoms. The van der Waals surface area contributed by atoms with Gasteiger partial charge in [0.05, 0.1) is 40.5 Å². The number of rotatable bonds is 10. The van der Waals surface area contributed by atoms with Crippen LogP contribution in [0.3, 0.4) is 0 Å². The summed E-state index contributed by atoms with van der Waals surface area (Å²) in [6.07, 6.45) is 0. The third-order valence-corrected chi connectivity index (χ3v) is 8.61. The van der Waals surface area contributed by atoms with Gasteiger partial charge in [-0.25, -0.2) is 12.7 Å². The number of anilines is 1. The third kappa shape index (κ3) is 6.40. The average Bonchev–Trinajstić information content (AvgIpc) is 3.01. The fourth-order valence-electron chi connectivity index (χ4n) is 4.49. The van der Waals surface area contributed by atoms with Crippen molar-refractivity contribution in [2.24, 2.45) is 0 Å². The zero-order chi connectivity index (χ0) is 30.4. The van der Waals surface area contributed by atoms with Crippen molar-refractivity contribution >= 4 is 27.3 Å². The number of carbonyl (C=O) groups excluding carboxylic acids is 1. The van der Waals surface area contributed by atoms with Crippen LogP contribution >= 0.6 is 0 Å². The van der Waals surface area contributed by atoms with Crippen LogP contribution in [0, 0.1) is 28.4 Å². The van der Waals surface area contributed by atoms with Crippen molar-refractivity contribution in [2.75, 3.05) is 19.5 Å². The Labute approximate surface area is 244 Å². The molecule has 4 aromatic carbocycles. The van der Waals surface area contributed by atoms with Crippen LogP contribution in [0.2, 0.25) is 0 Å². The molecule has 0 spiro atoms. The molecule has 4 rings (SSSR count). The van der Waals surface area contributed by atoms with Gasteiger partial charge in [0.15, 0.2) is 0 Å². The number of nitro benzene ring substituents is 1. The molecule has 0 aromatic heterocycles. The van der Waals surface area contributed by atoms with Crippen LogP contribution in [0.5, 0.6) is 5.75 Å². The Morgan fingerprint density at radius 1 is 0.976 bits per heavy atom. The van der Waals surface area contributed by atoms with Crippen LogP contribution < -0.4 is 10.1 Å². The minimum absolute atomic E-state index is 0.0426. The molecule has 0 saturated carbocycles. The summed E-state index contributed by atoms with van der Waals surface area (Å²) in [4.78, 5) is 25.1. The Morgan fingerprint density at radius 3 is 2.17 bits per heavy atom. The number of nitrogens with zero attached hydrogens (tertiary/aromatic N) is 3. The number of likely N-dealkylation sites (N-methyl/N-ethyl adjacent to an activating group) is 1. The Morgan fingerprint density at radius 2 is 1.60 bits per heavy atom. The van der Waals surface area contributed by atoms with E-state index < -0.39 is 32.8 Å². The number of sulfonamides is 1. The molecular weight excluding hydrogens is 556 g/mol. The molecule has 0 aliphatic heterocycles. The van der Waals surface area contributed by atoms with Crippen LogP contribution in [0.4, 0.5) is 11.4 Å². The molecule has 10 nitrogen and oxygen atoms in total. The second kappa shape index (κ2) is 12.5. The number of carbonyl (C=O) groups is 1. The van der Waals surface area contributed by atoms with E-state index in [0.717, 1.165) is 9.87 Å². The van der Waals surface area contributed by atoms with Gasteiger partial charge in [0.25, 0.3) is 15.7 Å². The van der Waals surface area contributed by atoms with Crippen molar-refractivity contribution in [3.63, 3.8) is 0 Å². The van der Waals surface area contributed by atoms with Crippen LogP contribution in [0.25, 0.3) is 0 Å². The molecule has 1 N–H and O–H groups in total. The van der Waals surface area contributed by atoms with Gasteiger partial charge in [-0.15, -0.1) is 0 Å². The number of amides is 1. The number of hydrogen-bond acceptors (Lipinski definition) is 8. The van der Waals surface area contributed by atoms with E-state index in [9.17, 15) is 28.6 Å². The van der Waals surface area contributed by atoms with E-state index in [4.69, 9.17) is 4.74 Å². The predicted molar refractivity (Wildman–Crippen MR) is 157 cm³/mol. The van der Waals surface area contributed by atoms with Gasteiger partial charge in [-0.05, 0) is 60.5 Å². The zero-order valence-electron chi connectivity index (χ0n) is 23.1. The summed E-state index contributed by atoms with van der Waals surface area (Å²) < 4.78 is 33.2. The smallest absolute Gasteiger partial charge is 0.269 e. The van der Waals surface area contributed by atoms with Crippen LogP contribution in [0.15, 0.2) is 102 Å². The fraction of sp³-hybridized carbons (Fsp3) is 0.161. The molecule has 2 atom stereocenters. The van der Waals surface area contributed by atoms with Crippen LogP contribution in [-0.4, -0.2) is 37.7 Å². The van der Waals surface area contributed by atoms with E-state index in [-0.39, 0.29) is 10.6 Å². The van der Waals surface area contributed by atoms with Crippen molar-refractivity contribution in [1.82, 2.24) is 4.31 Å². The minimum atomic E-state index is -4.24. The maximum atomic E-state index is 14.3. The average molecular weight is 585 g/mol. The third-order valence-electron chi connectivity index (χ3n) is 6.84. The monoisotopic (exact) mass is 584 g/mol. The molecule has 11 heteroatoms. The van der Waals surface area contributed by atoms with Crippen LogP contribution in [0.1, 0.15) is 34.2 Å². The summed E-state index contributed by atoms with van der Waals surface area (Å²) in [5.74, 6) is -1.34. The largest absolute Gasteiger partial charge is 0.497 e. The first kappa shape index (κ1) is 29.8. The highest BCUT2D eigenvalue weighted by Gasteiger charge is 2.38. The first-order chi connectivity index (χ1) is 20.0. The van der Waals surface area contributed by atoms with E-state index in [1.165, 1.54) is 50.6 Å². The number of ether oxygens (including phenoxy) is 1. The van der Waals surface area contributed by atoms with Crippen molar-refractivity contribution in [1.29, 1.82) is 5.26 Å². The van der Waals surface area contributed by atoms with Gasteiger partial charge in [0.2, 0.25) is 5.91 Å². The molecular formula is C31H28N4O6S. The van der Waals surface area contributed by atoms with E-state index in [2.05, 4.69) is 11.4 Å². The molecule has 42 heavy (non-hydrogen) atoms. The van der Waals surface area contributed by atoms with E-state index >= 15 is 0 Å². The maximum absolute atomic E-state index is 14.3. The number of nitriles is 1. The van der Waals surface area contributed by atoms with E-state index in [1.807, 2.05) is 6.92 Å². The lowest BCUT2D eigenvalue weighted by molar-refractivity contribution is -0.384. The van der Waals surface area contributed by atoms with Crippen molar-refractivity contribution in [3.8, 4) is 11.8 Å². The lowest BCUT2D eigenvalue weighted by Crippen LogP contribution is -2.40. The molecule has 0 unspecified atom stereocenters. The fourth-order valence-corrected chi connectivity index (χ4v) is 5.64. The topological polar surface area (TPSA) is 143 Å². The lowest BCUT2D eigenvalue weighted by atomic mass is 9.85. The summed E-state index contributed by atoms with van der Waals surface area (Å²) in [5, 5.41) is 24.1. The molecule has 4 aromatic rings. The number of nitrogens with one attached hydrogen (secondary N) is 1. The molecule has 0 aliphatic carbocycles. The normalized spacial score (nSPS) is 12.4. The highest BCUT2D eigenvalue weighted by atomic mass is 32.2. The molecule has 0 aliphatic rings. The molecule has 0 radical (unpaired) electrons. The van der Waals surface area contributed by atoms with Gasteiger partial charge >= 0.3 is 0 Å². The van der Waals surface area contributed by atoms with Gasteiger partial charge in [0.1, 0.15) is 5.75 Å². The minimum Gasteiger partial charge on any atom is -0.497 e. The maximum Gasteiger partial charge on any atom is 0.269 e. The first-order valence-corrected chi connectivity index (χ1v) is 14.2. The second-order valence-corrected chi connectivity index (χ2v) is 11.5. The summed E-state index contributed by atoms with van der Waals surface area (Å²) in [5.41, 5.74) is 2.54. The number of aryl methyl sites for hydroxylation is 1. The quantitative estimate of drug-likeness (QED) is 0.188. The van der Waals surface area contributed by atoms with Crippen LogP contribution in [-0.2, 0) is 14.8 Å². The first-order valence-electron chi connectivity index (χ1n) is 12.8. The number of hydrogen-bond donors (Lipinski definition) is 1. The summed E-state index contributed by atoms with van der Waals surface area (Å²) >= 11 is 0. The number of benzene rings is 4. The van der Waals surface area contributed by atoms with E-state index in [1.54, 1.807) is 60.7 Å². The highest BCUT2D eigenvalue weighted by molar-refractivity contribution is 7.89. The molecule has 0 saturated heterocycles. The second-order valence-electron chi connectivity index (χ2n) is 9.54. The summed E-state index contributed by atoms with van der Waals surface area (Å²) in [6, 6.07) is 26.3. The Kier molecular flexibility index (Phi) is 8.88. The van der Waals surface area contributed by atoms with Gasteiger partial charge in [-0.2, -0.15) is 5.26 Å². The van der Waals surface area contributed by atoms with Gasteiger partial charge in [-0.3, -0.25) is 14.9 Å². The number of non-ortho nitro benzene ring substituents is 1. The predicted octanol–water partition coefficient (Wildman–Crippen LogP) is 5.57. The molecule has 1 amide bonds. The van der Waals surface area contributed by atoms with Gasteiger partial charge in [-0.1, -0.05) is 48.0 Å². The summed E-state index contributed by atoms with van der Waals surface area (Å²) in [7, 11) is -1.53. The van der Waals surface area contributed by atoms with Crippen molar-refractivity contribution in [2.45, 2.75) is 23.8 Å². The standard InChI is InChI=1S/C31H28N4O6S/c1-21-7-17-28(18-8-21)42(39,40)34(2)31(36)29(23-11-15-27(41-3)16-12-23)30(24-9-13-26(14-10-24)35(37)38)33-25-6-4-5-22(19-25)20-32/h4-19,29-30,33H,1-3H3/t29-,30-/m1/s1. The number of nitro groups is 1. The Balaban J connectivity index is 1.88. The molecule has 0 heterocycles. The van der Waals surface area contributed by atoms with E-state index in [0.29, 0.717) is 28.1 Å². The SMILES string of the molecule is COc1ccc([C@@H](C(=O)N(C)S(=O)(=O)c2ccc(C)cc2)[C@H](Nc2cccc(C#N)c2)c2ccc([N+](=O)[O-])cc2)cc1. The van der Waals surface area contributed by atoms with Gasteiger partial charge in [0, 0.05) is 24.9 Å². The highest BCUT2D eigenvalue weighted by Crippen LogP contribution is 2.38. The zero-order valence-corrected chi connectivity index (χ0v) is 23.9. The molecule has 214 valence electrons. The Hall–Kier alpha value is -5.21. The van der Waals surface area contributed by atoms with Crippen molar-refractivity contribution in [3.05, 3.63) is 129 Å².